The number of hydrogen-bond donors (Lipinski definition) is 1. The standard InChI is InChI=1S/C15H16N2OS/c1-18-9-6-7-13-11(8-9)14(15(16)19)10-4-2-3-5-12(10)17-13/h6-8H,2-5H2,1H3,(H2,16,19). The smallest absolute Gasteiger partial charge is 0.119 e. The molecular formula is C15H16N2OS. The summed E-state index contributed by atoms with van der Waals surface area (Å²) in [7, 11) is 1.66. The first-order valence-corrected chi connectivity index (χ1v) is 6.91. The van der Waals surface area contributed by atoms with E-state index in [2.05, 4.69) is 0 Å². The Morgan fingerprint density at radius 2 is 2.11 bits per heavy atom. The van der Waals surface area contributed by atoms with Gasteiger partial charge in [0.1, 0.15) is 10.7 Å². The number of aryl methyl sites for hydroxylation is 1. The van der Waals surface area contributed by atoms with Crippen molar-refractivity contribution in [2.45, 2.75) is 25.7 Å². The maximum Gasteiger partial charge on any atom is 0.119 e. The molecule has 2 aromatic rings. The first-order chi connectivity index (χ1) is 9.20. The van der Waals surface area contributed by atoms with Crippen LogP contribution in [0.3, 0.4) is 0 Å². The summed E-state index contributed by atoms with van der Waals surface area (Å²) in [6.45, 7) is 0. The third kappa shape index (κ3) is 2.06. The molecule has 0 unspecified atom stereocenters. The lowest BCUT2D eigenvalue weighted by Gasteiger charge is -2.20. The molecule has 2 N–H and O–H groups in total. The van der Waals surface area contributed by atoms with E-state index in [9.17, 15) is 0 Å². The lowest BCUT2D eigenvalue weighted by molar-refractivity contribution is 0.415. The SMILES string of the molecule is COc1ccc2nc3c(c(C(N)=S)c2c1)CCCC3. The number of methoxy groups -OCH3 is 1. The summed E-state index contributed by atoms with van der Waals surface area (Å²) < 4.78 is 5.29. The largest absolute Gasteiger partial charge is 0.497 e. The maximum absolute atomic E-state index is 5.96. The molecule has 19 heavy (non-hydrogen) atoms. The maximum atomic E-state index is 5.96. The fraction of sp³-hybridized carbons (Fsp3) is 0.333. The van der Waals surface area contributed by atoms with Crippen LogP contribution >= 0.6 is 12.2 Å². The third-order valence-corrected chi connectivity index (χ3v) is 3.92. The highest BCUT2D eigenvalue weighted by atomic mass is 32.1. The molecule has 1 heterocycles. The molecule has 0 amide bonds. The van der Waals surface area contributed by atoms with Crippen molar-refractivity contribution >= 4 is 28.1 Å². The van der Waals surface area contributed by atoms with Gasteiger partial charge in [0.25, 0.3) is 0 Å². The van der Waals surface area contributed by atoms with Crippen LogP contribution in [-0.4, -0.2) is 17.1 Å². The van der Waals surface area contributed by atoms with Crippen LogP contribution in [0, 0.1) is 0 Å². The van der Waals surface area contributed by atoms with Crippen molar-refractivity contribution in [3.63, 3.8) is 0 Å². The van der Waals surface area contributed by atoms with Crippen molar-refractivity contribution < 1.29 is 4.74 Å². The van der Waals surface area contributed by atoms with Crippen LogP contribution in [0.5, 0.6) is 5.75 Å². The second-order valence-corrected chi connectivity index (χ2v) is 5.31. The number of nitrogens with two attached hydrogens (primary N) is 1. The van der Waals surface area contributed by atoms with Crippen LogP contribution in [-0.2, 0) is 12.8 Å². The summed E-state index contributed by atoms with van der Waals surface area (Å²) in [5.41, 5.74) is 10.3. The first kappa shape index (κ1) is 12.4. The van der Waals surface area contributed by atoms with Crippen molar-refractivity contribution in [1.29, 1.82) is 0 Å². The minimum absolute atomic E-state index is 0.457. The van der Waals surface area contributed by atoms with Crippen molar-refractivity contribution in [1.82, 2.24) is 4.98 Å². The Balaban J connectivity index is 2.36. The number of rotatable bonds is 2. The lowest BCUT2D eigenvalue weighted by Crippen LogP contribution is -2.18. The Bertz CT molecular complexity index is 667. The minimum Gasteiger partial charge on any atom is -0.497 e. The zero-order chi connectivity index (χ0) is 13.4. The summed E-state index contributed by atoms with van der Waals surface area (Å²) in [5, 5.41) is 1.01. The quantitative estimate of drug-likeness (QED) is 0.854. The van der Waals surface area contributed by atoms with E-state index in [4.69, 9.17) is 27.7 Å². The molecule has 0 aliphatic heterocycles. The van der Waals surface area contributed by atoms with Crippen LogP contribution < -0.4 is 10.5 Å². The predicted octanol–water partition coefficient (Wildman–Crippen LogP) is 2.76. The number of thiocarbonyl (C=S) groups is 1. The molecule has 1 aromatic heterocycles. The molecule has 1 aromatic carbocycles. The molecule has 4 heteroatoms. The summed E-state index contributed by atoms with van der Waals surface area (Å²) in [4.78, 5) is 5.22. The van der Waals surface area contributed by atoms with Gasteiger partial charge in [-0.05, 0) is 49.4 Å². The van der Waals surface area contributed by atoms with E-state index in [0.29, 0.717) is 4.99 Å². The monoisotopic (exact) mass is 272 g/mol. The van der Waals surface area contributed by atoms with E-state index >= 15 is 0 Å². The molecule has 98 valence electrons. The summed E-state index contributed by atoms with van der Waals surface area (Å²) in [6, 6.07) is 5.88. The molecule has 3 nitrogen and oxygen atoms in total. The number of benzene rings is 1. The van der Waals surface area contributed by atoms with E-state index in [-0.39, 0.29) is 0 Å². The van der Waals surface area contributed by atoms with Crippen LogP contribution in [0.1, 0.15) is 29.7 Å². The molecule has 0 bridgehead atoms. The molecular weight excluding hydrogens is 256 g/mol. The second-order valence-electron chi connectivity index (χ2n) is 4.87. The van der Waals surface area contributed by atoms with E-state index in [1.807, 2.05) is 18.2 Å². The van der Waals surface area contributed by atoms with E-state index in [1.165, 1.54) is 18.4 Å². The second kappa shape index (κ2) is 4.78. The average Bonchev–Trinajstić information content (AvgIpc) is 2.43. The van der Waals surface area contributed by atoms with Gasteiger partial charge in [0.05, 0.1) is 12.6 Å². The Kier molecular flexibility index (Phi) is 3.11. The van der Waals surface area contributed by atoms with Crippen LogP contribution in [0.15, 0.2) is 18.2 Å². The Morgan fingerprint density at radius 1 is 1.32 bits per heavy atom. The van der Waals surface area contributed by atoms with Crippen molar-refractivity contribution in [2.75, 3.05) is 7.11 Å². The van der Waals surface area contributed by atoms with Gasteiger partial charge in [0.2, 0.25) is 0 Å². The number of pyridine rings is 1. The molecule has 1 aliphatic carbocycles. The van der Waals surface area contributed by atoms with E-state index < -0.39 is 0 Å². The zero-order valence-electron chi connectivity index (χ0n) is 10.9. The third-order valence-electron chi connectivity index (χ3n) is 3.72. The summed E-state index contributed by atoms with van der Waals surface area (Å²) in [6.07, 6.45) is 4.41. The highest BCUT2D eigenvalue weighted by molar-refractivity contribution is 7.80. The summed E-state index contributed by atoms with van der Waals surface area (Å²) >= 11 is 5.26. The van der Waals surface area contributed by atoms with E-state index in [0.717, 1.165) is 40.8 Å². The topological polar surface area (TPSA) is 48.1 Å². The fourth-order valence-corrected chi connectivity index (χ4v) is 3.04. The number of fused-ring (bicyclic) bond motifs is 2. The number of hydrogen-bond acceptors (Lipinski definition) is 3. The van der Waals surface area contributed by atoms with Crippen molar-refractivity contribution in [3.05, 3.63) is 35.0 Å². The van der Waals surface area contributed by atoms with Gasteiger partial charge in [0, 0.05) is 16.6 Å². The Hall–Kier alpha value is -1.68. The van der Waals surface area contributed by atoms with Gasteiger partial charge >= 0.3 is 0 Å². The predicted molar refractivity (Wildman–Crippen MR) is 80.8 cm³/mol. The van der Waals surface area contributed by atoms with Gasteiger partial charge in [-0.1, -0.05) is 12.2 Å². The van der Waals surface area contributed by atoms with Crippen molar-refractivity contribution in [2.24, 2.45) is 5.73 Å². The van der Waals surface area contributed by atoms with Crippen LogP contribution in [0.2, 0.25) is 0 Å². The molecule has 3 rings (SSSR count). The normalized spacial score (nSPS) is 14.2. The molecule has 0 atom stereocenters. The number of nitrogens with zero attached hydrogens (tertiary/aromatic N) is 1. The minimum atomic E-state index is 0.457. The highest BCUT2D eigenvalue weighted by Crippen LogP contribution is 2.31. The van der Waals surface area contributed by atoms with E-state index in [1.54, 1.807) is 7.11 Å². The van der Waals surface area contributed by atoms with Gasteiger partial charge < -0.3 is 10.5 Å². The number of ether oxygens (including phenoxy) is 1. The Labute approximate surface area is 117 Å². The lowest BCUT2D eigenvalue weighted by atomic mass is 9.90. The fourth-order valence-electron chi connectivity index (χ4n) is 2.81. The van der Waals surface area contributed by atoms with Crippen LogP contribution in [0.4, 0.5) is 0 Å². The van der Waals surface area contributed by atoms with Crippen LogP contribution in [0.25, 0.3) is 10.9 Å². The number of aromatic nitrogens is 1. The molecule has 0 fully saturated rings. The van der Waals surface area contributed by atoms with Gasteiger partial charge in [-0.2, -0.15) is 0 Å². The van der Waals surface area contributed by atoms with Gasteiger partial charge in [-0.3, -0.25) is 4.98 Å². The molecule has 0 saturated carbocycles. The average molecular weight is 272 g/mol. The van der Waals surface area contributed by atoms with Gasteiger partial charge in [0.15, 0.2) is 0 Å². The first-order valence-electron chi connectivity index (χ1n) is 6.50. The van der Waals surface area contributed by atoms with Gasteiger partial charge in [-0.25, -0.2) is 0 Å². The van der Waals surface area contributed by atoms with Crippen molar-refractivity contribution in [3.8, 4) is 5.75 Å². The molecule has 0 spiro atoms. The molecule has 0 saturated heterocycles. The van der Waals surface area contributed by atoms with Gasteiger partial charge in [-0.15, -0.1) is 0 Å². The zero-order valence-corrected chi connectivity index (χ0v) is 11.7. The summed E-state index contributed by atoms with van der Waals surface area (Å²) in [5.74, 6) is 0.808. The highest BCUT2D eigenvalue weighted by Gasteiger charge is 2.19. The Morgan fingerprint density at radius 3 is 2.84 bits per heavy atom. The molecule has 1 aliphatic rings. The molecule has 0 radical (unpaired) electrons.